The summed E-state index contributed by atoms with van der Waals surface area (Å²) in [5.41, 5.74) is 10.3. The molecule has 0 aliphatic heterocycles. The lowest BCUT2D eigenvalue weighted by Crippen LogP contribution is -2.26. The molecule has 5 nitrogen and oxygen atoms in total. The Morgan fingerprint density at radius 2 is 2.06 bits per heavy atom. The first-order chi connectivity index (χ1) is 8.02. The Labute approximate surface area is 98.0 Å². The fourth-order valence-electron chi connectivity index (χ4n) is 1.29. The number of primary amides is 1. The maximum Gasteiger partial charge on any atom is 0.253 e. The summed E-state index contributed by atoms with van der Waals surface area (Å²) in [5.74, 6) is -1.52. The molecule has 92 valence electrons. The molecule has 1 rings (SSSR count). The van der Waals surface area contributed by atoms with E-state index < -0.39 is 17.6 Å². The van der Waals surface area contributed by atoms with E-state index in [0.717, 1.165) is 0 Å². The van der Waals surface area contributed by atoms with Gasteiger partial charge in [-0.3, -0.25) is 9.59 Å². The van der Waals surface area contributed by atoms with E-state index in [1.807, 2.05) is 0 Å². The van der Waals surface area contributed by atoms with Crippen molar-refractivity contribution in [2.45, 2.75) is 12.8 Å². The first-order valence-corrected chi connectivity index (χ1v) is 5.13. The molecule has 0 bridgehead atoms. The third kappa shape index (κ3) is 3.75. The monoisotopic (exact) mass is 239 g/mol. The third-order valence-corrected chi connectivity index (χ3v) is 2.18. The Kier molecular flexibility index (Phi) is 4.45. The van der Waals surface area contributed by atoms with Crippen LogP contribution in [0.1, 0.15) is 23.2 Å². The fraction of sp³-hybridized carbons (Fsp3) is 0.273. The lowest BCUT2D eigenvalue weighted by molar-refractivity contribution is -0.118. The highest BCUT2D eigenvalue weighted by Gasteiger charge is 2.11. The number of nitrogens with one attached hydrogen (secondary N) is 1. The number of rotatable bonds is 5. The SMILES string of the molecule is NC(=O)CCCNC(=O)c1cccc(F)c1N. The highest BCUT2D eigenvalue weighted by atomic mass is 19.1. The van der Waals surface area contributed by atoms with Crippen LogP contribution in [0.15, 0.2) is 18.2 Å². The summed E-state index contributed by atoms with van der Waals surface area (Å²) in [6.07, 6.45) is 0.634. The third-order valence-electron chi connectivity index (χ3n) is 2.18. The van der Waals surface area contributed by atoms with Gasteiger partial charge in [0.1, 0.15) is 5.82 Å². The number of carbonyl (C=O) groups is 2. The van der Waals surface area contributed by atoms with Crippen molar-refractivity contribution in [3.8, 4) is 0 Å². The van der Waals surface area contributed by atoms with E-state index in [9.17, 15) is 14.0 Å². The molecular weight excluding hydrogens is 225 g/mol. The maximum atomic E-state index is 13.1. The molecule has 0 fully saturated rings. The van der Waals surface area contributed by atoms with Crippen LogP contribution in [0.5, 0.6) is 0 Å². The number of carbonyl (C=O) groups excluding carboxylic acids is 2. The molecule has 6 heteroatoms. The van der Waals surface area contributed by atoms with Crippen LogP contribution in [-0.4, -0.2) is 18.4 Å². The zero-order valence-electron chi connectivity index (χ0n) is 9.20. The van der Waals surface area contributed by atoms with Crippen molar-refractivity contribution in [1.82, 2.24) is 5.32 Å². The highest BCUT2D eigenvalue weighted by molar-refractivity contribution is 5.99. The average Bonchev–Trinajstić information content (AvgIpc) is 2.27. The predicted molar refractivity (Wildman–Crippen MR) is 61.6 cm³/mol. The molecule has 0 spiro atoms. The van der Waals surface area contributed by atoms with Gasteiger partial charge in [0.05, 0.1) is 11.3 Å². The number of hydrogen-bond acceptors (Lipinski definition) is 3. The molecule has 0 saturated carbocycles. The van der Waals surface area contributed by atoms with Gasteiger partial charge in [0.15, 0.2) is 0 Å². The van der Waals surface area contributed by atoms with E-state index in [0.29, 0.717) is 6.42 Å². The lowest BCUT2D eigenvalue weighted by atomic mass is 10.1. The summed E-state index contributed by atoms with van der Waals surface area (Å²) in [6.45, 7) is 0.289. The van der Waals surface area contributed by atoms with Crippen LogP contribution in [0, 0.1) is 5.82 Å². The Morgan fingerprint density at radius 1 is 1.35 bits per heavy atom. The zero-order valence-corrected chi connectivity index (χ0v) is 9.20. The normalized spacial score (nSPS) is 9.94. The highest BCUT2D eigenvalue weighted by Crippen LogP contribution is 2.15. The van der Waals surface area contributed by atoms with Crippen LogP contribution in [0.2, 0.25) is 0 Å². The van der Waals surface area contributed by atoms with Crippen LogP contribution in [0.3, 0.4) is 0 Å². The maximum absolute atomic E-state index is 13.1. The van der Waals surface area contributed by atoms with E-state index in [4.69, 9.17) is 11.5 Å². The van der Waals surface area contributed by atoms with Crippen molar-refractivity contribution in [2.75, 3.05) is 12.3 Å². The van der Waals surface area contributed by atoms with Crippen LogP contribution in [-0.2, 0) is 4.79 Å². The molecule has 0 aliphatic carbocycles. The minimum Gasteiger partial charge on any atom is -0.396 e. The zero-order chi connectivity index (χ0) is 12.8. The van der Waals surface area contributed by atoms with E-state index >= 15 is 0 Å². The second-order valence-corrected chi connectivity index (χ2v) is 3.53. The van der Waals surface area contributed by atoms with Crippen molar-refractivity contribution in [1.29, 1.82) is 0 Å². The van der Waals surface area contributed by atoms with Crippen molar-refractivity contribution in [3.63, 3.8) is 0 Å². The van der Waals surface area contributed by atoms with Crippen LogP contribution < -0.4 is 16.8 Å². The first kappa shape index (κ1) is 13.0. The van der Waals surface area contributed by atoms with E-state index in [-0.39, 0.29) is 24.2 Å². The molecule has 1 aromatic carbocycles. The number of benzene rings is 1. The molecule has 0 saturated heterocycles. The summed E-state index contributed by atoms with van der Waals surface area (Å²) in [5, 5.41) is 2.53. The molecule has 0 atom stereocenters. The molecule has 5 N–H and O–H groups in total. The summed E-state index contributed by atoms with van der Waals surface area (Å²) in [7, 11) is 0. The fourth-order valence-corrected chi connectivity index (χ4v) is 1.29. The minimum absolute atomic E-state index is 0.0871. The predicted octanol–water partition coefficient (Wildman–Crippen LogP) is 0.403. The molecule has 0 unspecified atom stereocenters. The summed E-state index contributed by atoms with van der Waals surface area (Å²) in [6, 6.07) is 4.02. The second kappa shape index (κ2) is 5.83. The quantitative estimate of drug-likeness (QED) is 0.512. The largest absolute Gasteiger partial charge is 0.396 e. The van der Waals surface area contributed by atoms with Gasteiger partial charge in [0.25, 0.3) is 5.91 Å². The number of amides is 2. The van der Waals surface area contributed by atoms with Gasteiger partial charge in [0.2, 0.25) is 5.91 Å². The van der Waals surface area contributed by atoms with Gasteiger partial charge >= 0.3 is 0 Å². The Balaban J connectivity index is 2.53. The summed E-state index contributed by atoms with van der Waals surface area (Å²) in [4.78, 5) is 22.0. The molecule has 17 heavy (non-hydrogen) atoms. The van der Waals surface area contributed by atoms with Gasteiger partial charge in [-0.2, -0.15) is 0 Å². The molecular formula is C11H14FN3O2. The van der Waals surface area contributed by atoms with Crippen LogP contribution in [0.25, 0.3) is 0 Å². The van der Waals surface area contributed by atoms with E-state index in [1.54, 1.807) is 0 Å². The summed E-state index contributed by atoms with van der Waals surface area (Å²) < 4.78 is 13.1. The standard InChI is InChI=1S/C11H14FN3O2/c12-8-4-1-3-7(10(8)14)11(17)15-6-2-5-9(13)16/h1,3-4H,2,5-6,14H2,(H2,13,16)(H,15,17). The van der Waals surface area contributed by atoms with Gasteiger partial charge in [0, 0.05) is 13.0 Å². The summed E-state index contributed by atoms with van der Waals surface area (Å²) >= 11 is 0. The van der Waals surface area contributed by atoms with Gasteiger partial charge in [-0.25, -0.2) is 4.39 Å². The number of halogens is 1. The van der Waals surface area contributed by atoms with Crippen molar-refractivity contribution in [2.24, 2.45) is 5.73 Å². The molecule has 1 aromatic rings. The smallest absolute Gasteiger partial charge is 0.253 e. The van der Waals surface area contributed by atoms with Crippen molar-refractivity contribution in [3.05, 3.63) is 29.6 Å². The van der Waals surface area contributed by atoms with Gasteiger partial charge in [-0.05, 0) is 18.6 Å². The number of anilines is 1. The number of hydrogen-bond donors (Lipinski definition) is 3. The Morgan fingerprint density at radius 3 is 2.71 bits per heavy atom. The molecule has 0 aromatic heterocycles. The second-order valence-electron chi connectivity index (χ2n) is 3.53. The van der Waals surface area contributed by atoms with Crippen LogP contribution in [0.4, 0.5) is 10.1 Å². The topological polar surface area (TPSA) is 98.2 Å². The van der Waals surface area contributed by atoms with Crippen molar-refractivity contribution < 1.29 is 14.0 Å². The average molecular weight is 239 g/mol. The molecule has 0 heterocycles. The van der Waals surface area contributed by atoms with Gasteiger partial charge in [-0.1, -0.05) is 6.07 Å². The number of para-hydroxylation sites is 1. The van der Waals surface area contributed by atoms with E-state index in [1.165, 1.54) is 18.2 Å². The van der Waals surface area contributed by atoms with E-state index in [2.05, 4.69) is 5.32 Å². The minimum atomic E-state index is -0.630. The first-order valence-electron chi connectivity index (χ1n) is 5.13. The molecule has 0 aliphatic rings. The Bertz CT molecular complexity index is 435. The van der Waals surface area contributed by atoms with Crippen molar-refractivity contribution >= 4 is 17.5 Å². The molecule has 0 radical (unpaired) electrons. The molecule has 2 amide bonds. The van der Waals surface area contributed by atoms with Gasteiger partial charge < -0.3 is 16.8 Å². The lowest BCUT2D eigenvalue weighted by Gasteiger charge is -2.07. The van der Waals surface area contributed by atoms with Crippen LogP contribution >= 0.6 is 0 Å². The Hall–Kier alpha value is -2.11. The van der Waals surface area contributed by atoms with Gasteiger partial charge in [-0.15, -0.1) is 0 Å². The number of nitrogens with two attached hydrogens (primary N) is 2. The number of nitrogen functional groups attached to an aromatic ring is 1.